The Bertz CT molecular complexity index is 952. The number of hydrogen-bond donors (Lipinski definition) is 0. The van der Waals surface area contributed by atoms with Crippen LogP contribution in [0.15, 0.2) is 36.4 Å². The molecule has 0 bridgehead atoms. The molecule has 1 aromatic heterocycles. The van der Waals surface area contributed by atoms with Gasteiger partial charge in [-0.1, -0.05) is 12.1 Å². The average molecular weight is 411 g/mol. The smallest absolute Gasteiger partial charge is 0.348 e. The maximum atomic E-state index is 13.0. The molecule has 1 aromatic carbocycles. The van der Waals surface area contributed by atoms with Gasteiger partial charge in [-0.15, -0.1) is 11.3 Å². The Morgan fingerprint density at radius 3 is 2.56 bits per heavy atom. The highest BCUT2D eigenvalue weighted by atomic mass is 32.2. The molecule has 1 aliphatic rings. The number of thiophene rings is 1. The fraction of sp³-hybridized carbons (Fsp3) is 0.333. The van der Waals surface area contributed by atoms with E-state index in [2.05, 4.69) is 0 Å². The quantitative estimate of drug-likeness (QED) is 0.706. The molecule has 27 heavy (non-hydrogen) atoms. The molecule has 0 saturated carbocycles. The normalized spacial score (nSPS) is 18.2. The van der Waals surface area contributed by atoms with Crippen molar-refractivity contribution in [3.05, 3.63) is 47.1 Å². The third kappa shape index (κ3) is 4.72. The molecular weight excluding hydrogens is 393 g/mol. The Kier molecular flexibility index (Phi) is 5.61. The van der Waals surface area contributed by atoms with Crippen molar-refractivity contribution in [1.29, 1.82) is 0 Å². The number of hydrogen-bond acceptors (Lipinski definition) is 6. The van der Waals surface area contributed by atoms with Gasteiger partial charge in [-0.05, 0) is 36.2 Å². The highest BCUT2D eigenvalue weighted by molar-refractivity contribution is 7.91. The first-order valence-electron chi connectivity index (χ1n) is 8.24. The molecule has 1 unspecified atom stereocenters. The summed E-state index contributed by atoms with van der Waals surface area (Å²) in [5.41, 5.74) is 0.777. The molecule has 1 saturated heterocycles. The van der Waals surface area contributed by atoms with Gasteiger partial charge >= 0.3 is 5.97 Å². The zero-order chi connectivity index (χ0) is 19.6. The van der Waals surface area contributed by atoms with Crippen LogP contribution in [0.2, 0.25) is 0 Å². The number of nitrogens with zero attached hydrogens (tertiary/aromatic N) is 1. The van der Waals surface area contributed by atoms with Crippen LogP contribution in [-0.4, -0.2) is 56.4 Å². The highest BCUT2D eigenvalue weighted by Crippen LogP contribution is 2.28. The van der Waals surface area contributed by atoms with Crippen molar-refractivity contribution in [2.24, 2.45) is 0 Å². The van der Waals surface area contributed by atoms with Gasteiger partial charge in [0.2, 0.25) is 0 Å². The summed E-state index contributed by atoms with van der Waals surface area (Å²) in [6.07, 6.45) is 0.393. The van der Waals surface area contributed by atoms with Crippen molar-refractivity contribution in [3.63, 3.8) is 0 Å². The Morgan fingerprint density at radius 2 is 1.93 bits per heavy atom. The molecule has 2 heterocycles. The summed E-state index contributed by atoms with van der Waals surface area (Å²) in [4.78, 5) is 26.7. The maximum Gasteiger partial charge on any atom is 0.348 e. The lowest BCUT2D eigenvalue weighted by Gasteiger charge is -2.23. The van der Waals surface area contributed by atoms with Crippen LogP contribution in [0.3, 0.4) is 0 Å². The predicted octanol–water partition coefficient (Wildman–Crippen LogP) is 2.36. The number of likely N-dealkylation sites (N-methyl/N-ethyl adjacent to an activating group) is 1. The van der Waals surface area contributed by atoms with Crippen LogP contribution in [-0.2, 0) is 19.4 Å². The monoisotopic (exact) mass is 411 g/mol. The van der Waals surface area contributed by atoms with Crippen molar-refractivity contribution < 1.29 is 27.1 Å². The minimum Gasteiger partial charge on any atom is -0.451 e. The van der Waals surface area contributed by atoms with E-state index >= 15 is 0 Å². The molecule has 1 atom stereocenters. The minimum absolute atomic E-state index is 0.0604. The summed E-state index contributed by atoms with van der Waals surface area (Å²) in [7, 11) is -1.58. The summed E-state index contributed by atoms with van der Waals surface area (Å²) in [5, 5.41) is 0. The number of halogens is 1. The summed E-state index contributed by atoms with van der Waals surface area (Å²) in [5.74, 6) is -1.41. The molecule has 0 spiro atoms. The number of carbonyl (C=O) groups is 2. The van der Waals surface area contributed by atoms with Crippen LogP contribution in [0.1, 0.15) is 16.1 Å². The number of carbonyl (C=O) groups excluding carboxylic acids is 2. The summed E-state index contributed by atoms with van der Waals surface area (Å²) < 4.78 is 41.1. The molecule has 3 rings (SSSR count). The van der Waals surface area contributed by atoms with Gasteiger partial charge in [-0.25, -0.2) is 17.6 Å². The zero-order valence-electron chi connectivity index (χ0n) is 14.6. The molecule has 2 aromatic rings. The fourth-order valence-corrected chi connectivity index (χ4v) is 5.48. The summed E-state index contributed by atoms with van der Waals surface area (Å²) in [6, 6.07) is 8.84. The van der Waals surface area contributed by atoms with E-state index in [0.717, 1.165) is 10.4 Å². The van der Waals surface area contributed by atoms with Crippen LogP contribution >= 0.6 is 11.3 Å². The molecule has 0 radical (unpaired) electrons. The van der Waals surface area contributed by atoms with Crippen molar-refractivity contribution >= 4 is 33.1 Å². The van der Waals surface area contributed by atoms with E-state index in [1.165, 1.54) is 35.4 Å². The molecule has 6 nitrogen and oxygen atoms in total. The first-order valence-corrected chi connectivity index (χ1v) is 10.9. The van der Waals surface area contributed by atoms with Gasteiger partial charge in [0, 0.05) is 18.0 Å². The number of esters is 1. The number of amides is 1. The van der Waals surface area contributed by atoms with Crippen molar-refractivity contribution in [2.75, 3.05) is 25.2 Å². The van der Waals surface area contributed by atoms with Crippen molar-refractivity contribution in [1.82, 2.24) is 4.90 Å². The van der Waals surface area contributed by atoms with Crippen LogP contribution < -0.4 is 0 Å². The van der Waals surface area contributed by atoms with Crippen LogP contribution in [0.5, 0.6) is 0 Å². The first-order chi connectivity index (χ1) is 12.7. The van der Waals surface area contributed by atoms with Gasteiger partial charge in [-0.2, -0.15) is 0 Å². The van der Waals surface area contributed by atoms with E-state index in [0.29, 0.717) is 11.3 Å². The Labute approximate surface area is 160 Å². The van der Waals surface area contributed by atoms with E-state index in [4.69, 9.17) is 4.74 Å². The third-order valence-corrected chi connectivity index (χ3v) is 7.28. The standard InChI is InChI=1S/C18H18FNO5S2/c1-20(14-8-9-27(23,24)11-14)17(21)10-25-18(22)16-7-6-15(26-16)12-2-4-13(19)5-3-12/h2-7,14H,8-11H2,1H3. The van der Waals surface area contributed by atoms with Gasteiger partial charge in [-0.3, -0.25) is 4.79 Å². The minimum atomic E-state index is -3.10. The SMILES string of the molecule is CN(C(=O)COC(=O)c1ccc(-c2ccc(F)cc2)s1)C1CCS(=O)(=O)C1. The van der Waals surface area contributed by atoms with E-state index in [1.807, 2.05) is 0 Å². The molecule has 144 valence electrons. The maximum absolute atomic E-state index is 13.0. The molecule has 0 N–H and O–H groups in total. The Balaban J connectivity index is 1.56. The van der Waals surface area contributed by atoms with Gasteiger partial charge in [0.1, 0.15) is 10.7 Å². The molecular formula is C18H18FNO5S2. The average Bonchev–Trinajstić information content (AvgIpc) is 3.26. The fourth-order valence-electron chi connectivity index (χ4n) is 2.80. The Hall–Kier alpha value is -2.26. The van der Waals surface area contributed by atoms with Gasteiger partial charge in [0.25, 0.3) is 5.91 Å². The predicted molar refractivity (Wildman–Crippen MR) is 99.8 cm³/mol. The van der Waals surface area contributed by atoms with E-state index in [-0.39, 0.29) is 23.4 Å². The second-order valence-corrected chi connectivity index (χ2v) is 9.62. The molecule has 0 aliphatic carbocycles. The molecule has 1 aliphatic heterocycles. The molecule has 1 amide bonds. The van der Waals surface area contributed by atoms with Gasteiger partial charge in [0.05, 0.1) is 11.5 Å². The third-order valence-electron chi connectivity index (χ3n) is 4.41. The Morgan fingerprint density at radius 1 is 1.22 bits per heavy atom. The van der Waals surface area contributed by atoms with Gasteiger partial charge < -0.3 is 9.64 Å². The largest absolute Gasteiger partial charge is 0.451 e. The zero-order valence-corrected chi connectivity index (χ0v) is 16.2. The van der Waals surface area contributed by atoms with Crippen molar-refractivity contribution in [3.8, 4) is 10.4 Å². The van der Waals surface area contributed by atoms with Crippen molar-refractivity contribution in [2.45, 2.75) is 12.5 Å². The lowest BCUT2D eigenvalue weighted by atomic mass is 10.2. The second kappa shape index (κ2) is 7.77. The lowest BCUT2D eigenvalue weighted by molar-refractivity contribution is -0.134. The number of rotatable bonds is 5. The second-order valence-electron chi connectivity index (χ2n) is 6.31. The van der Waals surface area contributed by atoms with Crippen LogP contribution in [0, 0.1) is 5.82 Å². The van der Waals surface area contributed by atoms with Crippen LogP contribution in [0.4, 0.5) is 4.39 Å². The van der Waals surface area contributed by atoms with E-state index in [9.17, 15) is 22.4 Å². The highest BCUT2D eigenvalue weighted by Gasteiger charge is 2.33. The summed E-state index contributed by atoms with van der Waals surface area (Å²) >= 11 is 1.18. The summed E-state index contributed by atoms with van der Waals surface area (Å²) in [6.45, 7) is -0.449. The molecule has 9 heteroatoms. The number of sulfone groups is 1. The topological polar surface area (TPSA) is 80.8 Å². The van der Waals surface area contributed by atoms with E-state index in [1.54, 1.807) is 24.3 Å². The number of ether oxygens (including phenoxy) is 1. The van der Waals surface area contributed by atoms with E-state index < -0.39 is 28.3 Å². The lowest BCUT2D eigenvalue weighted by Crippen LogP contribution is -2.40. The van der Waals surface area contributed by atoms with Crippen LogP contribution in [0.25, 0.3) is 10.4 Å². The first kappa shape index (κ1) is 19.5. The van der Waals surface area contributed by atoms with Gasteiger partial charge in [0.15, 0.2) is 16.4 Å². The number of benzene rings is 1. The molecule has 1 fully saturated rings.